The van der Waals surface area contributed by atoms with Gasteiger partial charge >= 0.3 is 0 Å². The van der Waals surface area contributed by atoms with Crippen molar-refractivity contribution < 1.29 is 18.3 Å². The molecule has 34 heavy (non-hydrogen) atoms. The number of imidazole rings is 1. The number of benzene rings is 3. The maximum absolute atomic E-state index is 14.0. The predicted octanol–water partition coefficient (Wildman–Crippen LogP) is 4.24. The van der Waals surface area contributed by atoms with Crippen molar-refractivity contribution in [3.05, 3.63) is 94.8 Å². The maximum atomic E-state index is 14.0. The SMILES string of the molecule is COc1ccc(-c2cc(=O)n3c4ccccc4n(CC(=O)Nc4ccc(F)cc4F)c3n2)cc1. The van der Waals surface area contributed by atoms with Crippen molar-refractivity contribution in [3.63, 3.8) is 0 Å². The van der Waals surface area contributed by atoms with E-state index >= 15 is 0 Å². The third kappa shape index (κ3) is 3.77. The molecule has 5 rings (SSSR count). The molecule has 2 aromatic heterocycles. The van der Waals surface area contributed by atoms with E-state index in [0.717, 1.165) is 12.1 Å². The van der Waals surface area contributed by atoms with E-state index in [1.54, 1.807) is 60.2 Å². The number of carbonyl (C=O) groups is 1. The molecule has 5 aromatic rings. The third-order valence-electron chi connectivity index (χ3n) is 5.45. The van der Waals surface area contributed by atoms with E-state index in [9.17, 15) is 18.4 Å². The number of anilines is 1. The molecular formula is C25H18F2N4O3. The van der Waals surface area contributed by atoms with Gasteiger partial charge in [-0.3, -0.25) is 9.59 Å². The number of nitrogens with one attached hydrogen (secondary N) is 1. The number of nitrogens with zero attached hydrogens (tertiary/aromatic N) is 3. The zero-order valence-electron chi connectivity index (χ0n) is 18.0. The summed E-state index contributed by atoms with van der Waals surface area (Å²) in [6.45, 7) is -0.244. The third-order valence-corrected chi connectivity index (χ3v) is 5.45. The summed E-state index contributed by atoms with van der Waals surface area (Å²) < 4.78 is 35.4. The van der Waals surface area contributed by atoms with E-state index < -0.39 is 17.5 Å². The van der Waals surface area contributed by atoms with Crippen LogP contribution in [-0.4, -0.2) is 27.0 Å². The highest BCUT2D eigenvalue weighted by Gasteiger charge is 2.18. The lowest BCUT2D eigenvalue weighted by atomic mass is 10.1. The number of hydrogen-bond acceptors (Lipinski definition) is 4. The van der Waals surface area contributed by atoms with Crippen LogP contribution < -0.4 is 15.6 Å². The zero-order valence-corrected chi connectivity index (χ0v) is 18.0. The summed E-state index contributed by atoms with van der Waals surface area (Å²) in [5.74, 6) is -1.26. The summed E-state index contributed by atoms with van der Waals surface area (Å²) in [5.41, 5.74) is 1.87. The van der Waals surface area contributed by atoms with Gasteiger partial charge in [0, 0.05) is 17.7 Å². The first-order valence-corrected chi connectivity index (χ1v) is 10.3. The van der Waals surface area contributed by atoms with E-state index in [1.165, 1.54) is 10.5 Å². The predicted molar refractivity (Wildman–Crippen MR) is 124 cm³/mol. The summed E-state index contributed by atoms with van der Waals surface area (Å²) in [6.07, 6.45) is 0. The number of para-hydroxylation sites is 2. The van der Waals surface area contributed by atoms with Crippen LogP contribution in [-0.2, 0) is 11.3 Å². The molecule has 0 aliphatic rings. The van der Waals surface area contributed by atoms with Gasteiger partial charge in [0.2, 0.25) is 11.7 Å². The van der Waals surface area contributed by atoms with Gasteiger partial charge in [0.15, 0.2) is 0 Å². The number of amides is 1. The number of aromatic nitrogens is 3. The van der Waals surface area contributed by atoms with Crippen LogP contribution in [0.3, 0.4) is 0 Å². The molecule has 0 atom stereocenters. The van der Waals surface area contributed by atoms with Crippen molar-refractivity contribution in [2.45, 2.75) is 6.54 Å². The first-order valence-electron chi connectivity index (χ1n) is 10.3. The molecule has 2 heterocycles. The van der Waals surface area contributed by atoms with Crippen molar-refractivity contribution in [1.29, 1.82) is 0 Å². The summed E-state index contributed by atoms with van der Waals surface area (Å²) in [6, 6.07) is 18.5. The second kappa shape index (κ2) is 8.43. The summed E-state index contributed by atoms with van der Waals surface area (Å²) in [7, 11) is 1.56. The molecule has 0 unspecified atom stereocenters. The molecule has 0 radical (unpaired) electrons. The molecule has 0 saturated heterocycles. The van der Waals surface area contributed by atoms with Crippen LogP contribution in [0.5, 0.6) is 5.75 Å². The molecule has 0 fully saturated rings. The van der Waals surface area contributed by atoms with Gasteiger partial charge in [-0.05, 0) is 48.5 Å². The Bertz CT molecular complexity index is 1610. The second-order valence-corrected chi connectivity index (χ2v) is 7.59. The van der Waals surface area contributed by atoms with E-state index in [1.807, 2.05) is 0 Å². The van der Waals surface area contributed by atoms with Crippen molar-refractivity contribution in [3.8, 4) is 17.0 Å². The van der Waals surface area contributed by atoms with Gasteiger partial charge in [-0.25, -0.2) is 18.2 Å². The fourth-order valence-electron chi connectivity index (χ4n) is 3.86. The number of fused-ring (bicyclic) bond motifs is 3. The lowest BCUT2D eigenvalue weighted by Gasteiger charge is -2.09. The number of rotatable bonds is 5. The van der Waals surface area contributed by atoms with E-state index in [4.69, 9.17) is 4.74 Å². The van der Waals surface area contributed by atoms with Crippen LogP contribution in [0.25, 0.3) is 28.1 Å². The lowest BCUT2D eigenvalue weighted by molar-refractivity contribution is -0.116. The average molecular weight is 460 g/mol. The van der Waals surface area contributed by atoms with Crippen LogP contribution in [0.15, 0.2) is 77.6 Å². The van der Waals surface area contributed by atoms with Gasteiger partial charge in [0.25, 0.3) is 5.56 Å². The first kappa shape index (κ1) is 21.3. The molecule has 0 bridgehead atoms. The molecule has 3 aromatic carbocycles. The second-order valence-electron chi connectivity index (χ2n) is 7.59. The van der Waals surface area contributed by atoms with Crippen molar-refractivity contribution in [2.24, 2.45) is 0 Å². The summed E-state index contributed by atoms with van der Waals surface area (Å²) >= 11 is 0. The van der Waals surface area contributed by atoms with Crippen molar-refractivity contribution in [2.75, 3.05) is 12.4 Å². The molecule has 1 N–H and O–H groups in total. The summed E-state index contributed by atoms with van der Waals surface area (Å²) in [4.78, 5) is 30.5. The van der Waals surface area contributed by atoms with Crippen molar-refractivity contribution >= 4 is 28.4 Å². The van der Waals surface area contributed by atoms with Crippen LogP contribution >= 0.6 is 0 Å². The van der Waals surface area contributed by atoms with Gasteiger partial charge in [0.1, 0.15) is 23.9 Å². The Labute approximate surface area is 191 Å². The molecule has 7 nitrogen and oxygen atoms in total. The molecule has 0 aliphatic carbocycles. The Kier molecular flexibility index (Phi) is 5.29. The molecule has 0 aliphatic heterocycles. The fourth-order valence-corrected chi connectivity index (χ4v) is 3.86. The molecule has 9 heteroatoms. The Morgan fingerprint density at radius 3 is 2.44 bits per heavy atom. The quantitative estimate of drug-likeness (QED) is 0.426. The van der Waals surface area contributed by atoms with Gasteiger partial charge in [-0.2, -0.15) is 0 Å². The van der Waals surface area contributed by atoms with Crippen LogP contribution in [0, 0.1) is 11.6 Å². The monoisotopic (exact) mass is 460 g/mol. The van der Waals surface area contributed by atoms with Crippen LogP contribution in [0.2, 0.25) is 0 Å². The first-order chi connectivity index (χ1) is 16.4. The van der Waals surface area contributed by atoms with Crippen LogP contribution in [0.4, 0.5) is 14.5 Å². The number of ether oxygens (including phenoxy) is 1. The van der Waals surface area contributed by atoms with Gasteiger partial charge in [-0.15, -0.1) is 0 Å². The minimum Gasteiger partial charge on any atom is -0.497 e. The molecular weight excluding hydrogens is 442 g/mol. The van der Waals surface area contributed by atoms with E-state index in [-0.39, 0.29) is 23.6 Å². The van der Waals surface area contributed by atoms with E-state index in [2.05, 4.69) is 10.3 Å². The zero-order chi connectivity index (χ0) is 23.8. The lowest BCUT2D eigenvalue weighted by Crippen LogP contribution is -2.21. The number of methoxy groups -OCH3 is 1. The highest BCUT2D eigenvalue weighted by Crippen LogP contribution is 2.24. The average Bonchev–Trinajstić information content (AvgIpc) is 3.15. The Hall–Kier alpha value is -4.53. The molecule has 1 amide bonds. The number of carbonyl (C=O) groups excluding carboxylic acids is 1. The normalized spacial score (nSPS) is 11.1. The minimum atomic E-state index is -0.883. The number of halogens is 2. The summed E-state index contributed by atoms with van der Waals surface area (Å²) in [5, 5.41) is 2.45. The topological polar surface area (TPSA) is 77.6 Å². The maximum Gasteiger partial charge on any atom is 0.260 e. The highest BCUT2D eigenvalue weighted by molar-refractivity contribution is 5.93. The Morgan fingerprint density at radius 2 is 1.74 bits per heavy atom. The molecule has 0 saturated carbocycles. The van der Waals surface area contributed by atoms with E-state index in [0.29, 0.717) is 34.1 Å². The van der Waals surface area contributed by atoms with Crippen molar-refractivity contribution in [1.82, 2.24) is 14.0 Å². The molecule has 0 spiro atoms. The Balaban J connectivity index is 1.61. The Morgan fingerprint density at radius 1 is 1.00 bits per heavy atom. The molecule has 170 valence electrons. The smallest absolute Gasteiger partial charge is 0.260 e. The minimum absolute atomic E-state index is 0.142. The van der Waals surface area contributed by atoms with Gasteiger partial charge < -0.3 is 14.6 Å². The van der Waals surface area contributed by atoms with Crippen LogP contribution in [0.1, 0.15) is 0 Å². The fraction of sp³-hybridized carbons (Fsp3) is 0.0800. The standard InChI is InChI=1S/C25H18F2N4O3/c1-34-17-9-6-15(7-10-17)20-13-24(33)31-22-5-3-2-4-21(22)30(25(31)29-20)14-23(32)28-19-11-8-16(26)12-18(19)27/h2-13H,14H2,1H3,(H,28,32). The largest absolute Gasteiger partial charge is 0.497 e. The number of hydrogen-bond donors (Lipinski definition) is 1. The van der Waals surface area contributed by atoms with Gasteiger partial charge in [-0.1, -0.05) is 12.1 Å². The highest BCUT2D eigenvalue weighted by atomic mass is 19.1. The van der Waals surface area contributed by atoms with Gasteiger partial charge in [0.05, 0.1) is 29.5 Å².